The van der Waals surface area contributed by atoms with Crippen molar-refractivity contribution in [2.75, 3.05) is 6.61 Å². The van der Waals surface area contributed by atoms with Gasteiger partial charge in [-0.05, 0) is 34.1 Å². The minimum atomic E-state index is 0.634. The summed E-state index contributed by atoms with van der Waals surface area (Å²) >= 11 is 0. The van der Waals surface area contributed by atoms with Gasteiger partial charge in [0.25, 0.3) is 0 Å². The van der Waals surface area contributed by atoms with Gasteiger partial charge in [-0.3, -0.25) is 0 Å². The van der Waals surface area contributed by atoms with Crippen LogP contribution in [0.15, 0.2) is 72.8 Å². The lowest BCUT2D eigenvalue weighted by molar-refractivity contribution is 0.358. The Hall–Kier alpha value is -2.54. The number of rotatable bonds is 1. The summed E-state index contributed by atoms with van der Waals surface area (Å²) in [5.41, 5.74) is 3.72. The van der Waals surface area contributed by atoms with Crippen LogP contribution < -0.4 is 4.74 Å². The number of hydrogen-bond acceptors (Lipinski definition) is 1. The fourth-order valence-corrected chi connectivity index (χ4v) is 2.85. The maximum atomic E-state index is 5.81. The van der Waals surface area contributed by atoms with E-state index in [1.54, 1.807) is 0 Å². The first-order chi connectivity index (χ1) is 9.93. The van der Waals surface area contributed by atoms with Gasteiger partial charge < -0.3 is 4.74 Å². The van der Waals surface area contributed by atoms with Crippen molar-refractivity contribution in [2.45, 2.75) is 0 Å². The summed E-state index contributed by atoms with van der Waals surface area (Å²) in [4.78, 5) is 0. The molecule has 0 aliphatic carbocycles. The lowest BCUT2D eigenvalue weighted by Gasteiger charge is -2.21. The van der Waals surface area contributed by atoms with Gasteiger partial charge in [-0.1, -0.05) is 60.7 Å². The molecule has 0 N–H and O–H groups in total. The van der Waals surface area contributed by atoms with Gasteiger partial charge in [-0.15, -0.1) is 0 Å². The van der Waals surface area contributed by atoms with E-state index in [1.165, 1.54) is 27.5 Å². The van der Waals surface area contributed by atoms with Crippen molar-refractivity contribution in [2.24, 2.45) is 0 Å². The number of ether oxygens (including phenoxy) is 1. The molecule has 1 heteroatoms. The van der Waals surface area contributed by atoms with Crippen LogP contribution in [-0.2, 0) is 0 Å². The third-order valence-corrected chi connectivity index (χ3v) is 3.77. The molecular formula is C19H14O. The van der Waals surface area contributed by atoms with Crippen LogP contribution in [0.2, 0.25) is 0 Å². The molecule has 3 aromatic carbocycles. The number of fused-ring (bicyclic) bond motifs is 3. The molecule has 1 aliphatic rings. The fourth-order valence-electron chi connectivity index (χ4n) is 2.85. The van der Waals surface area contributed by atoms with E-state index in [0.29, 0.717) is 6.61 Å². The Morgan fingerprint density at radius 3 is 2.45 bits per heavy atom. The zero-order valence-corrected chi connectivity index (χ0v) is 11.0. The van der Waals surface area contributed by atoms with E-state index >= 15 is 0 Å². The molecule has 0 unspecified atom stereocenters. The molecular weight excluding hydrogens is 244 g/mol. The van der Waals surface area contributed by atoms with Crippen LogP contribution in [0.5, 0.6) is 5.75 Å². The number of hydrogen-bond donors (Lipinski definition) is 0. The van der Waals surface area contributed by atoms with Crippen molar-refractivity contribution < 1.29 is 4.74 Å². The van der Waals surface area contributed by atoms with Crippen LogP contribution in [0.3, 0.4) is 0 Å². The second-order valence-corrected chi connectivity index (χ2v) is 4.95. The Morgan fingerprint density at radius 2 is 1.55 bits per heavy atom. The van der Waals surface area contributed by atoms with Gasteiger partial charge in [0.1, 0.15) is 12.4 Å². The summed E-state index contributed by atoms with van der Waals surface area (Å²) in [6.07, 6.45) is 2.17. The zero-order valence-electron chi connectivity index (χ0n) is 11.0. The average molecular weight is 258 g/mol. The smallest absolute Gasteiger partial charge is 0.128 e. The highest BCUT2D eigenvalue weighted by molar-refractivity contribution is 6.00. The predicted octanol–water partition coefficient (Wildman–Crippen LogP) is 4.66. The van der Waals surface area contributed by atoms with Crippen molar-refractivity contribution in [3.63, 3.8) is 0 Å². The van der Waals surface area contributed by atoms with Crippen molar-refractivity contribution >= 4 is 16.3 Å². The molecule has 0 fully saturated rings. The highest BCUT2D eigenvalue weighted by Crippen LogP contribution is 2.39. The Balaban J connectivity index is 2.03. The van der Waals surface area contributed by atoms with Crippen LogP contribution in [0.25, 0.3) is 16.3 Å². The van der Waals surface area contributed by atoms with Gasteiger partial charge in [-0.2, -0.15) is 0 Å². The van der Waals surface area contributed by atoms with Crippen molar-refractivity contribution in [3.05, 3.63) is 83.9 Å². The predicted molar refractivity (Wildman–Crippen MR) is 83.0 cm³/mol. The van der Waals surface area contributed by atoms with Gasteiger partial charge in [0, 0.05) is 5.56 Å². The monoisotopic (exact) mass is 258 g/mol. The van der Waals surface area contributed by atoms with Gasteiger partial charge in [0.2, 0.25) is 0 Å². The largest absolute Gasteiger partial charge is 0.489 e. The Labute approximate surface area is 118 Å². The van der Waals surface area contributed by atoms with E-state index in [4.69, 9.17) is 4.74 Å². The van der Waals surface area contributed by atoms with Gasteiger partial charge >= 0.3 is 0 Å². The third-order valence-electron chi connectivity index (χ3n) is 3.77. The minimum Gasteiger partial charge on any atom is -0.489 e. The van der Waals surface area contributed by atoms with Crippen LogP contribution >= 0.6 is 0 Å². The zero-order chi connectivity index (χ0) is 13.4. The van der Waals surface area contributed by atoms with Gasteiger partial charge in [-0.25, -0.2) is 0 Å². The fraction of sp³-hybridized carbons (Fsp3) is 0.0526. The molecule has 3 aromatic rings. The first-order valence-electron chi connectivity index (χ1n) is 6.84. The van der Waals surface area contributed by atoms with E-state index in [1.807, 2.05) is 6.07 Å². The summed E-state index contributed by atoms with van der Waals surface area (Å²) in [6, 6.07) is 23.2. The molecule has 1 aliphatic heterocycles. The van der Waals surface area contributed by atoms with E-state index in [9.17, 15) is 0 Å². The maximum Gasteiger partial charge on any atom is 0.128 e. The molecule has 0 spiro atoms. The van der Waals surface area contributed by atoms with Crippen molar-refractivity contribution in [1.82, 2.24) is 0 Å². The van der Waals surface area contributed by atoms with E-state index in [0.717, 1.165) is 5.75 Å². The first-order valence-corrected chi connectivity index (χ1v) is 6.84. The molecule has 1 heterocycles. The van der Waals surface area contributed by atoms with Gasteiger partial charge in [0.15, 0.2) is 0 Å². The average Bonchev–Trinajstić information content (AvgIpc) is 2.55. The second kappa shape index (κ2) is 4.53. The standard InChI is InChI=1S/C19H14O/c1-2-6-14(7-3-1)17-12-13-20-18-11-10-15-8-4-5-9-16(15)19(17)18/h1-12H,13H2. The molecule has 96 valence electrons. The third kappa shape index (κ3) is 1.71. The molecule has 4 rings (SSSR count). The first kappa shape index (κ1) is 11.3. The minimum absolute atomic E-state index is 0.634. The molecule has 0 amide bonds. The second-order valence-electron chi connectivity index (χ2n) is 4.95. The SMILES string of the molecule is C1=C(c2ccccc2)c2c(ccc3ccccc23)OC1. The molecule has 0 saturated carbocycles. The normalized spacial score (nSPS) is 13.5. The van der Waals surface area contributed by atoms with Crippen LogP contribution in [0, 0.1) is 0 Å². The Kier molecular flexibility index (Phi) is 2.56. The van der Waals surface area contributed by atoms with Crippen LogP contribution in [-0.4, -0.2) is 6.61 Å². The maximum absolute atomic E-state index is 5.81. The van der Waals surface area contributed by atoms with Crippen LogP contribution in [0.4, 0.5) is 0 Å². The van der Waals surface area contributed by atoms with E-state index in [2.05, 4.69) is 66.7 Å². The van der Waals surface area contributed by atoms with Crippen molar-refractivity contribution in [3.8, 4) is 5.75 Å². The molecule has 0 atom stereocenters. The lowest BCUT2D eigenvalue weighted by atomic mass is 9.91. The summed E-state index contributed by atoms with van der Waals surface area (Å²) in [5, 5.41) is 2.50. The molecule has 1 nitrogen and oxygen atoms in total. The lowest BCUT2D eigenvalue weighted by Crippen LogP contribution is -2.06. The van der Waals surface area contributed by atoms with E-state index < -0.39 is 0 Å². The quantitative estimate of drug-likeness (QED) is 0.616. The van der Waals surface area contributed by atoms with E-state index in [-0.39, 0.29) is 0 Å². The topological polar surface area (TPSA) is 9.23 Å². The Morgan fingerprint density at radius 1 is 0.750 bits per heavy atom. The van der Waals surface area contributed by atoms with Gasteiger partial charge in [0.05, 0.1) is 0 Å². The molecule has 0 bridgehead atoms. The summed E-state index contributed by atoms with van der Waals surface area (Å²) in [5.74, 6) is 0.977. The van der Waals surface area contributed by atoms with Crippen molar-refractivity contribution in [1.29, 1.82) is 0 Å². The highest BCUT2D eigenvalue weighted by atomic mass is 16.5. The number of benzene rings is 3. The van der Waals surface area contributed by atoms with Crippen LogP contribution in [0.1, 0.15) is 11.1 Å². The summed E-state index contributed by atoms with van der Waals surface area (Å²) in [7, 11) is 0. The Bertz CT molecular complexity index is 800. The highest BCUT2D eigenvalue weighted by Gasteiger charge is 2.17. The summed E-state index contributed by atoms with van der Waals surface area (Å²) in [6.45, 7) is 0.634. The summed E-state index contributed by atoms with van der Waals surface area (Å²) < 4.78 is 5.81. The molecule has 20 heavy (non-hydrogen) atoms. The molecule has 0 aromatic heterocycles. The molecule has 0 radical (unpaired) electrons. The molecule has 0 saturated heterocycles.